The predicted octanol–water partition coefficient (Wildman–Crippen LogP) is 2.27. The van der Waals surface area contributed by atoms with Crippen molar-refractivity contribution in [1.82, 2.24) is 0 Å². The third-order valence-corrected chi connectivity index (χ3v) is 2.96. The van der Waals surface area contributed by atoms with Crippen LogP contribution < -0.4 is 11.5 Å². The molecule has 0 radical (unpaired) electrons. The number of rotatable bonds is 4. The van der Waals surface area contributed by atoms with Crippen molar-refractivity contribution in [2.24, 2.45) is 21.7 Å². The Balaban J connectivity index is 2.70. The fraction of sp³-hybridized carbons (Fsp3) is 0. The lowest BCUT2D eigenvalue weighted by molar-refractivity contribution is -0.385. The molecule has 112 valence electrons. The van der Waals surface area contributed by atoms with Gasteiger partial charge in [0.25, 0.3) is 5.69 Å². The SMILES string of the molecule is NC(N)=N/N=C(\c1ccccc1)c1cc(Cl)ccc1[N+](=O)[O-]. The van der Waals surface area contributed by atoms with Crippen LogP contribution in [-0.4, -0.2) is 16.6 Å². The number of hydrogen-bond donors (Lipinski definition) is 2. The van der Waals surface area contributed by atoms with Crippen LogP contribution in [0.2, 0.25) is 5.02 Å². The van der Waals surface area contributed by atoms with E-state index in [0.717, 1.165) is 0 Å². The molecule has 0 aromatic heterocycles. The van der Waals surface area contributed by atoms with E-state index in [1.165, 1.54) is 18.2 Å². The summed E-state index contributed by atoms with van der Waals surface area (Å²) in [6.45, 7) is 0. The van der Waals surface area contributed by atoms with Crippen molar-refractivity contribution in [3.8, 4) is 0 Å². The maximum atomic E-state index is 11.2. The fourth-order valence-corrected chi connectivity index (χ4v) is 2.00. The van der Waals surface area contributed by atoms with Crippen LogP contribution in [0.15, 0.2) is 58.7 Å². The van der Waals surface area contributed by atoms with Crippen molar-refractivity contribution in [3.05, 3.63) is 74.8 Å². The van der Waals surface area contributed by atoms with E-state index in [0.29, 0.717) is 10.6 Å². The van der Waals surface area contributed by atoms with Crippen molar-refractivity contribution >= 4 is 29.0 Å². The van der Waals surface area contributed by atoms with Crippen molar-refractivity contribution in [2.45, 2.75) is 0 Å². The maximum absolute atomic E-state index is 11.2. The van der Waals surface area contributed by atoms with Gasteiger partial charge in [0, 0.05) is 16.7 Å². The lowest BCUT2D eigenvalue weighted by atomic mass is 10.0. The van der Waals surface area contributed by atoms with Gasteiger partial charge in [-0.3, -0.25) is 10.1 Å². The standard InChI is InChI=1S/C14H12ClN5O2/c15-10-6-7-12(20(21)22)11(8-10)13(18-19-14(16)17)9-4-2-1-3-5-9/h1-8H,(H4,16,17,19)/b18-13+. The van der Waals surface area contributed by atoms with Gasteiger partial charge in [-0.25, -0.2) is 0 Å². The van der Waals surface area contributed by atoms with Crippen LogP contribution in [0, 0.1) is 10.1 Å². The highest BCUT2D eigenvalue weighted by molar-refractivity contribution is 6.31. The summed E-state index contributed by atoms with van der Waals surface area (Å²) < 4.78 is 0. The molecule has 0 spiro atoms. The molecule has 2 rings (SSSR count). The number of nitro groups is 1. The van der Waals surface area contributed by atoms with Gasteiger partial charge in [-0.2, -0.15) is 0 Å². The zero-order chi connectivity index (χ0) is 16.1. The summed E-state index contributed by atoms with van der Waals surface area (Å²) in [6, 6.07) is 13.0. The third kappa shape index (κ3) is 3.58. The van der Waals surface area contributed by atoms with E-state index in [1.807, 2.05) is 6.07 Å². The lowest BCUT2D eigenvalue weighted by Crippen LogP contribution is -2.22. The summed E-state index contributed by atoms with van der Waals surface area (Å²) in [5.41, 5.74) is 11.5. The molecule has 0 saturated heterocycles. The van der Waals surface area contributed by atoms with Gasteiger partial charge in [0.2, 0.25) is 5.96 Å². The normalized spacial score (nSPS) is 11.0. The summed E-state index contributed by atoms with van der Waals surface area (Å²) >= 11 is 5.95. The van der Waals surface area contributed by atoms with Crippen LogP contribution >= 0.6 is 11.6 Å². The molecule has 22 heavy (non-hydrogen) atoms. The van der Waals surface area contributed by atoms with Gasteiger partial charge in [0.15, 0.2) is 0 Å². The van der Waals surface area contributed by atoms with Crippen molar-refractivity contribution < 1.29 is 4.92 Å². The minimum absolute atomic E-state index is 0.141. The average molecular weight is 318 g/mol. The topological polar surface area (TPSA) is 120 Å². The minimum atomic E-state index is -0.514. The first-order valence-corrected chi connectivity index (χ1v) is 6.53. The predicted molar refractivity (Wildman–Crippen MR) is 86.0 cm³/mol. The zero-order valence-corrected chi connectivity index (χ0v) is 12.1. The molecule has 7 nitrogen and oxygen atoms in total. The highest BCUT2D eigenvalue weighted by atomic mass is 35.5. The van der Waals surface area contributed by atoms with E-state index in [1.54, 1.807) is 24.3 Å². The quantitative estimate of drug-likeness (QED) is 0.389. The molecule has 0 saturated carbocycles. The summed E-state index contributed by atoms with van der Waals surface area (Å²) in [5, 5.41) is 19.1. The number of hydrogen-bond acceptors (Lipinski definition) is 4. The molecule has 8 heteroatoms. The number of nitro benzene ring substituents is 1. The van der Waals surface area contributed by atoms with Gasteiger partial charge in [-0.05, 0) is 12.1 Å². The molecule has 0 amide bonds. The van der Waals surface area contributed by atoms with Gasteiger partial charge in [0.1, 0.15) is 5.71 Å². The van der Waals surface area contributed by atoms with Crippen LogP contribution in [0.5, 0.6) is 0 Å². The molecule has 0 fully saturated rings. The molecule has 0 unspecified atom stereocenters. The van der Waals surface area contributed by atoms with E-state index in [2.05, 4.69) is 10.2 Å². The molecule has 2 aromatic carbocycles. The van der Waals surface area contributed by atoms with E-state index in [-0.39, 0.29) is 22.9 Å². The average Bonchev–Trinajstić information content (AvgIpc) is 2.48. The van der Waals surface area contributed by atoms with E-state index in [4.69, 9.17) is 23.1 Å². The third-order valence-electron chi connectivity index (χ3n) is 2.72. The lowest BCUT2D eigenvalue weighted by Gasteiger charge is -2.07. The van der Waals surface area contributed by atoms with Crippen LogP contribution in [-0.2, 0) is 0 Å². The first-order chi connectivity index (χ1) is 10.5. The number of nitrogens with two attached hydrogens (primary N) is 2. The molecule has 0 aliphatic carbocycles. The van der Waals surface area contributed by atoms with Gasteiger partial charge in [-0.1, -0.05) is 41.9 Å². The Hall–Kier alpha value is -2.93. The monoisotopic (exact) mass is 317 g/mol. The van der Waals surface area contributed by atoms with Crippen molar-refractivity contribution in [1.29, 1.82) is 0 Å². The van der Waals surface area contributed by atoms with Gasteiger partial charge >= 0.3 is 0 Å². The second-order valence-corrected chi connectivity index (χ2v) is 4.69. The Morgan fingerprint density at radius 1 is 1.09 bits per heavy atom. The van der Waals surface area contributed by atoms with E-state index >= 15 is 0 Å². The summed E-state index contributed by atoms with van der Waals surface area (Å²) in [4.78, 5) is 10.7. The van der Waals surface area contributed by atoms with Crippen LogP contribution in [0.3, 0.4) is 0 Å². The highest BCUT2D eigenvalue weighted by Crippen LogP contribution is 2.26. The van der Waals surface area contributed by atoms with Gasteiger partial charge in [-0.15, -0.1) is 10.2 Å². The fourth-order valence-electron chi connectivity index (χ4n) is 1.83. The van der Waals surface area contributed by atoms with E-state index < -0.39 is 4.92 Å². The van der Waals surface area contributed by atoms with Gasteiger partial charge in [0.05, 0.1) is 10.5 Å². The van der Waals surface area contributed by atoms with E-state index in [9.17, 15) is 10.1 Å². The second-order valence-electron chi connectivity index (χ2n) is 4.26. The van der Waals surface area contributed by atoms with Gasteiger partial charge < -0.3 is 11.5 Å². The Labute approximate surface area is 131 Å². The van der Waals surface area contributed by atoms with Crippen LogP contribution in [0.1, 0.15) is 11.1 Å². The number of halogens is 1. The largest absolute Gasteiger partial charge is 0.369 e. The van der Waals surface area contributed by atoms with Crippen molar-refractivity contribution in [3.63, 3.8) is 0 Å². The Morgan fingerprint density at radius 2 is 1.77 bits per heavy atom. The molecule has 0 heterocycles. The molecule has 0 bridgehead atoms. The summed E-state index contributed by atoms with van der Waals surface area (Å²) in [5.74, 6) is -0.252. The first-order valence-electron chi connectivity index (χ1n) is 6.15. The Bertz CT molecular complexity index is 755. The molecular weight excluding hydrogens is 306 g/mol. The number of guanidine groups is 1. The van der Waals surface area contributed by atoms with Crippen LogP contribution in [0.25, 0.3) is 0 Å². The molecule has 0 aliphatic rings. The Kier molecular flexibility index (Phi) is 4.70. The molecule has 0 aliphatic heterocycles. The molecule has 2 aromatic rings. The molecule has 4 N–H and O–H groups in total. The summed E-state index contributed by atoms with van der Waals surface area (Å²) in [6.07, 6.45) is 0. The highest BCUT2D eigenvalue weighted by Gasteiger charge is 2.20. The Morgan fingerprint density at radius 3 is 2.36 bits per heavy atom. The second kappa shape index (κ2) is 6.68. The molecule has 0 atom stereocenters. The number of benzene rings is 2. The minimum Gasteiger partial charge on any atom is -0.369 e. The summed E-state index contributed by atoms with van der Waals surface area (Å²) in [7, 11) is 0. The van der Waals surface area contributed by atoms with Crippen molar-refractivity contribution in [2.75, 3.05) is 0 Å². The first kappa shape index (κ1) is 15.5. The zero-order valence-electron chi connectivity index (χ0n) is 11.3. The smallest absolute Gasteiger partial charge is 0.278 e. The number of nitrogens with zero attached hydrogens (tertiary/aromatic N) is 3. The van der Waals surface area contributed by atoms with Crippen LogP contribution in [0.4, 0.5) is 5.69 Å². The maximum Gasteiger partial charge on any atom is 0.278 e. The molecular formula is C14H12ClN5O2.